The van der Waals surface area contributed by atoms with Crippen molar-refractivity contribution in [2.24, 2.45) is 13.0 Å². The van der Waals surface area contributed by atoms with Crippen molar-refractivity contribution in [3.8, 4) is 6.01 Å². The third kappa shape index (κ3) is 4.35. The van der Waals surface area contributed by atoms with E-state index in [9.17, 15) is 0 Å². The van der Waals surface area contributed by atoms with Gasteiger partial charge in [-0.1, -0.05) is 38.1 Å². The van der Waals surface area contributed by atoms with Crippen LogP contribution in [0.4, 0.5) is 0 Å². The molecule has 1 aromatic heterocycles. The molecule has 0 saturated carbocycles. The molecular weight excluding hydrogens is 252 g/mol. The van der Waals surface area contributed by atoms with Crippen LogP contribution >= 0.6 is 0 Å². The predicted octanol–water partition coefficient (Wildman–Crippen LogP) is 2.14. The molecule has 0 radical (unpaired) electrons. The normalized spacial score (nSPS) is 11.0. The molecule has 0 fully saturated rings. The molecule has 5 nitrogen and oxygen atoms in total. The van der Waals surface area contributed by atoms with E-state index in [1.807, 2.05) is 13.1 Å². The highest BCUT2D eigenvalue weighted by Crippen LogP contribution is 2.11. The van der Waals surface area contributed by atoms with E-state index in [-0.39, 0.29) is 0 Å². The SMILES string of the molecule is CC(C)CNCc1ccccc1COc1ncn(C)n1. The Hall–Kier alpha value is -1.88. The summed E-state index contributed by atoms with van der Waals surface area (Å²) < 4.78 is 7.24. The third-order valence-corrected chi connectivity index (χ3v) is 2.92. The Morgan fingerprint density at radius 3 is 2.65 bits per heavy atom. The average Bonchev–Trinajstić information content (AvgIpc) is 2.83. The van der Waals surface area contributed by atoms with Crippen molar-refractivity contribution in [1.82, 2.24) is 20.1 Å². The van der Waals surface area contributed by atoms with Crippen LogP contribution in [-0.4, -0.2) is 21.3 Å². The van der Waals surface area contributed by atoms with E-state index in [0.717, 1.165) is 18.7 Å². The van der Waals surface area contributed by atoms with Crippen LogP contribution in [-0.2, 0) is 20.2 Å². The number of hydrogen-bond acceptors (Lipinski definition) is 4. The molecular formula is C15H22N4O. The molecule has 1 heterocycles. The maximum absolute atomic E-state index is 5.61. The van der Waals surface area contributed by atoms with Gasteiger partial charge in [0.25, 0.3) is 0 Å². The number of hydrogen-bond donors (Lipinski definition) is 1. The van der Waals surface area contributed by atoms with Gasteiger partial charge in [0.05, 0.1) is 0 Å². The predicted molar refractivity (Wildman–Crippen MR) is 78.3 cm³/mol. The molecule has 0 bridgehead atoms. The first-order valence-electron chi connectivity index (χ1n) is 6.91. The number of nitrogens with zero attached hydrogens (tertiary/aromatic N) is 3. The van der Waals surface area contributed by atoms with Gasteiger partial charge in [0, 0.05) is 13.6 Å². The van der Waals surface area contributed by atoms with Crippen LogP contribution < -0.4 is 10.1 Å². The lowest BCUT2D eigenvalue weighted by Gasteiger charge is -2.11. The molecule has 0 aliphatic carbocycles. The van der Waals surface area contributed by atoms with Crippen LogP contribution in [0.25, 0.3) is 0 Å². The second-order valence-electron chi connectivity index (χ2n) is 5.28. The summed E-state index contributed by atoms with van der Waals surface area (Å²) in [5.41, 5.74) is 2.42. The van der Waals surface area contributed by atoms with Gasteiger partial charge in [0.15, 0.2) is 0 Å². The molecule has 20 heavy (non-hydrogen) atoms. The quantitative estimate of drug-likeness (QED) is 0.840. The lowest BCUT2D eigenvalue weighted by atomic mass is 10.1. The van der Waals surface area contributed by atoms with Crippen molar-refractivity contribution in [3.05, 3.63) is 41.7 Å². The lowest BCUT2D eigenvalue weighted by molar-refractivity contribution is 0.278. The minimum atomic E-state index is 0.414. The van der Waals surface area contributed by atoms with Crippen LogP contribution in [0, 0.1) is 5.92 Å². The van der Waals surface area contributed by atoms with Crippen LogP contribution in [0.2, 0.25) is 0 Å². The van der Waals surface area contributed by atoms with Gasteiger partial charge in [-0.2, -0.15) is 4.98 Å². The Labute approximate surface area is 120 Å². The summed E-state index contributed by atoms with van der Waals surface area (Å²) in [5.74, 6) is 0.649. The zero-order chi connectivity index (χ0) is 14.4. The monoisotopic (exact) mass is 274 g/mol. The highest BCUT2D eigenvalue weighted by molar-refractivity contribution is 5.26. The molecule has 1 N–H and O–H groups in total. The third-order valence-electron chi connectivity index (χ3n) is 2.92. The van der Waals surface area contributed by atoms with Gasteiger partial charge in [0.1, 0.15) is 12.9 Å². The molecule has 0 amide bonds. The zero-order valence-corrected chi connectivity index (χ0v) is 12.3. The highest BCUT2D eigenvalue weighted by atomic mass is 16.5. The van der Waals surface area contributed by atoms with Crippen molar-refractivity contribution in [2.75, 3.05) is 6.54 Å². The van der Waals surface area contributed by atoms with Gasteiger partial charge in [-0.25, -0.2) is 0 Å². The molecule has 5 heteroatoms. The molecule has 0 aliphatic rings. The number of nitrogens with one attached hydrogen (secondary N) is 1. The Kier molecular flexibility index (Phi) is 5.12. The largest absolute Gasteiger partial charge is 0.458 e. The van der Waals surface area contributed by atoms with Gasteiger partial charge < -0.3 is 10.1 Å². The first kappa shape index (κ1) is 14.5. The number of aromatic nitrogens is 3. The van der Waals surface area contributed by atoms with E-state index >= 15 is 0 Å². The minimum Gasteiger partial charge on any atom is -0.458 e. The molecule has 0 saturated heterocycles. The Morgan fingerprint density at radius 2 is 2.00 bits per heavy atom. The van der Waals surface area contributed by atoms with Crippen LogP contribution in [0.15, 0.2) is 30.6 Å². The van der Waals surface area contributed by atoms with E-state index in [2.05, 4.69) is 47.4 Å². The van der Waals surface area contributed by atoms with Gasteiger partial charge in [0.2, 0.25) is 0 Å². The molecule has 2 rings (SSSR count). The Bertz CT molecular complexity index is 536. The van der Waals surface area contributed by atoms with E-state index in [1.165, 1.54) is 5.56 Å². The summed E-state index contributed by atoms with van der Waals surface area (Å²) in [5, 5.41) is 7.56. The average molecular weight is 274 g/mol. The fraction of sp³-hybridized carbons (Fsp3) is 0.467. The van der Waals surface area contributed by atoms with Gasteiger partial charge in [-0.15, -0.1) is 5.10 Å². The number of rotatable bonds is 7. The molecule has 0 atom stereocenters. The van der Waals surface area contributed by atoms with Crippen molar-refractivity contribution in [2.45, 2.75) is 27.0 Å². The van der Waals surface area contributed by atoms with Crippen molar-refractivity contribution < 1.29 is 4.74 Å². The number of benzene rings is 1. The molecule has 2 aromatic rings. The topological polar surface area (TPSA) is 52.0 Å². The summed E-state index contributed by atoms with van der Waals surface area (Å²) in [6.45, 7) is 6.76. The highest BCUT2D eigenvalue weighted by Gasteiger charge is 2.05. The standard InChI is InChI=1S/C15H22N4O/c1-12(2)8-16-9-13-6-4-5-7-14(13)10-20-15-17-11-19(3)18-15/h4-7,11-12,16H,8-10H2,1-3H3. The summed E-state index contributed by atoms with van der Waals surface area (Å²) >= 11 is 0. The van der Waals surface area contributed by atoms with Crippen molar-refractivity contribution in [1.29, 1.82) is 0 Å². The fourth-order valence-corrected chi connectivity index (χ4v) is 1.89. The number of aryl methyl sites for hydroxylation is 1. The van der Waals surface area contributed by atoms with Gasteiger partial charge in [-0.05, 0) is 23.6 Å². The van der Waals surface area contributed by atoms with E-state index < -0.39 is 0 Å². The maximum Gasteiger partial charge on any atom is 0.335 e. The molecule has 0 unspecified atom stereocenters. The summed E-state index contributed by atoms with van der Waals surface area (Å²) in [4.78, 5) is 4.06. The summed E-state index contributed by atoms with van der Waals surface area (Å²) in [7, 11) is 1.82. The van der Waals surface area contributed by atoms with E-state index in [0.29, 0.717) is 18.5 Å². The van der Waals surface area contributed by atoms with E-state index in [4.69, 9.17) is 4.74 Å². The van der Waals surface area contributed by atoms with Gasteiger partial charge in [-0.3, -0.25) is 4.68 Å². The minimum absolute atomic E-state index is 0.414. The van der Waals surface area contributed by atoms with Crippen molar-refractivity contribution >= 4 is 0 Å². The van der Waals surface area contributed by atoms with Crippen LogP contribution in [0.3, 0.4) is 0 Å². The zero-order valence-electron chi connectivity index (χ0n) is 12.3. The molecule has 0 spiro atoms. The lowest BCUT2D eigenvalue weighted by Crippen LogP contribution is -2.20. The van der Waals surface area contributed by atoms with Gasteiger partial charge >= 0.3 is 6.01 Å². The first-order chi connectivity index (χ1) is 9.65. The molecule has 108 valence electrons. The van der Waals surface area contributed by atoms with Crippen LogP contribution in [0.1, 0.15) is 25.0 Å². The first-order valence-corrected chi connectivity index (χ1v) is 6.91. The summed E-state index contributed by atoms with van der Waals surface area (Å²) in [6.07, 6.45) is 1.63. The Balaban J connectivity index is 1.93. The Morgan fingerprint density at radius 1 is 1.25 bits per heavy atom. The maximum atomic E-state index is 5.61. The molecule has 1 aromatic carbocycles. The second kappa shape index (κ2) is 7.05. The smallest absolute Gasteiger partial charge is 0.335 e. The number of ether oxygens (including phenoxy) is 1. The second-order valence-corrected chi connectivity index (χ2v) is 5.28. The summed E-state index contributed by atoms with van der Waals surface area (Å²) in [6, 6.07) is 8.69. The fourth-order valence-electron chi connectivity index (χ4n) is 1.89. The van der Waals surface area contributed by atoms with Crippen molar-refractivity contribution in [3.63, 3.8) is 0 Å². The van der Waals surface area contributed by atoms with Crippen LogP contribution in [0.5, 0.6) is 6.01 Å². The van der Waals surface area contributed by atoms with E-state index in [1.54, 1.807) is 11.0 Å². The molecule has 0 aliphatic heterocycles.